The monoisotopic (exact) mass is 249 g/mol. The van der Waals surface area contributed by atoms with Crippen molar-refractivity contribution < 1.29 is 18.9 Å². The average molecular weight is 249 g/mol. The molecule has 0 amide bonds. The van der Waals surface area contributed by atoms with Gasteiger partial charge in [-0.1, -0.05) is 0 Å². The lowest BCUT2D eigenvalue weighted by Crippen LogP contribution is -2.02. The Morgan fingerprint density at radius 2 is 2.06 bits per heavy atom. The van der Waals surface area contributed by atoms with E-state index in [1.165, 1.54) is 31.5 Å². The van der Waals surface area contributed by atoms with E-state index in [2.05, 4.69) is 9.97 Å². The molecule has 0 N–H and O–H groups in total. The van der Waals surface area contributed by atoms with Crippen molar-refractivity contribution in [2.45, 2.75) is 6.92 Å². The average Bonchev–Trinajstić information content (AvgIpc) is 2.78. The zero-order chi connectivity index (χ0) is 13.1. The third-order valence-electron chi connectivity index (χ3n) is 1.88. The van der Waals surface area contributed by atoms with Crippen LogP contribution >= 0.6 is 0 Å². The molecule has 2 aromatic rings. The molecule has 0 fully saturated rings. The van der Waals surface area contributed by atoms with E-state index in [1.807, 2.05) is 0 Å². The van der Waals surface area contributed by atoms with Crippen LogP contribution in [0.25, 0.3) is 11.6 Å². The van der Waals surface area contributed by atoms with Gasteiger partial charge in [-0.25, -0.2) is 9.97 Å². The second-order valence-electron chi connectivity index (χ2n) is 3.23. The summed E-state index contributed by atoms with van der Waals surface area (Å²) in [6.07, 6.45) is 2.55. The van der Waals surface area contributed by atoms with Crippen LogP contribution in [0.15, 0.2) is 28.9 Å². The third-order valence-corrected chi connectivity index (χ3v) is 1.88. The fourth-order valence-electron chi connectivity index (χ4n) is 1.21. The number of ether oxygens (including phenoxy) is 1. The second-order valence-corrected chi connectivity index (χ2v) is 3.23. The van der Waals surface area contributed by atoms with Crippen LogP contribution in [0.4, 0.5) is 5.88 Å². The molecule has 0 bridgehead atoms. The van der Waals surface area contributed by atoms with Gasteiger partial charge < -0.3 is 9.15 Å². The quantitative estimate of drug-likeness (QED) is 0.461. The summed E-state index contributed by atoms with van der Waals surface area (Å²) in [6, 6.07) is 2.59. The molecular formula is C10H7N3O5. The van der Waals surface area contributed by atoms with Gasteiger partial charge in [-0.3, -0.25) is 14.9 Å². The summed E-state index contributed by atoms with van der Waals surface area (Å²) in [4.78, 5) is 28.2. The van der Waals surface area contributed by atoms with E-state index in [9.17, 15) is 14.9 Å². The Morgan fingerprint density at radius 3 is 2.56 bits per heavy atom. The van der Waals surface area contributed by atoms with Gasteiger partial charge >= 0.3 is 11.9 Å². The van der Waals surface area contributed by atoms with Crippen LogP contribution in [0.3, 0.4) is 0 Å². The SMILES string of the molecule is CC(=O)Oc1cnc(-c2ccc([N+](=O)[O-])o2)nc1. The minimum atomic E-state index is -0.656. The summed E-state index contributed by atoms with van der Waals surface area (Å²) in [7, 11) is 0. The van der Waals surface area contributed by atoms with Crippen molar-refractivity contribution in [2.24, 2.45) is 0 Å². The van der Waals surface area contributed by atoms with Crippen LogP contribution in [0, 0.1) is 10.1 Å². The van der Waals surface area contributed by atoms with Crippen molar-refractivity contribution in [1.82, 2.24) is 9.97 Å². The van der Waals surface area contributed by atoms with Crippen LogP contribution < -0.4 is 4.74 Å². The van der Waals surface area contributed by atoms with Crippen molar-refractivity contribution in [3.05, 3.63) is 34.6 Å². The van der Waals surface area contributed by atoms with E-state index in [1.54, 1.807) is 0 Å². The first kappa shape index (κ1) is 11.7. The maximum Gasteiger partial charge on any atom is 0.433 e. The molecular weight excluding hydrogens is 242 g/mol. The van der Waals surface area contributed by atoms with Crippen LogP contribution in [-0.4, -0.2) is 20.9 Å². The Labute approximate surface area is 100 Å². The van der Waals surface area contributed by atoms with Crippen molar-refractivity contribution in [3.63, 3.8) is 0 Å². The molecule has 18 heavy (non-hydrogen) atoms. The summed E-state index contributed by atoms with van der Waals surface area (Å²) in [6.45, 7) is 1.25. The first-order valence-electron chi connectivity index (χ1n) is 4.81. The Morgan fingerprint density at radius 1 is 1.39 bits per heavy atom. The maximum absolute atomic E-state index is 10.7. The van der Waals surface area contributed by atoms with Crippen LogP contribution in [0.1, 0.15) is 6.92 Å². The van der Waals surface area contributed by atoms with Crippen LogP contribution in [0.5, 0.6) is 5.75 Å². The molecule has 2 rings (SSSR count). The molecule has 0 aromatic carbocycles. The molecule has 8 heteroatoms. The molecule has 0 radical (unpaired) electrons. The number of nitro groups is 1. The normalized spacial score (nSPS) is 10.1. The molecule has 0 atom stereocenters. The van der Waals surface area contributed by atoms with E-state index >= 15 is 0 Å². The fraction of sp³-hybridized carbons (Fsp3) is 0.100. The number of hydrogen-bond acceptors (Lipinski definition) is 7. The fourth-order valence-corrected chi connectivity index (χ4v) is 1.21. The standard InChI is InChI=1S/C10H7N3O5/c1-6(14)17-7-4-11-10(12-5-7)8-2-3-9(18-8)13(15)16/h2-5H,1H3. The van der Waals surface area contributed by atoms with E-state index in [-0.39, 0.29) is 17.3 Å². The molecule has 2 aromatic heterocycles. The number of rotatable bonds is 3. The lowest BCUT2D eigenvalue weighted by atomic mass is 10.4. The summed E-state index contributed by atoms with van der Waals surface area (Å²) in [5.41, 5.74) is 0. The van der Waals surface area contributed by atoms with Gasteiger partial charge in [0.05, 0.1) is 18.5 Å². The Bertz CT molecular complexity index is 590. The number of aromatic nitrogens is 2. The smallest absolute Gasteiger partial charge is 0.423 e. The predicted molar refractivity (Wildman–Crippen MR) is 57.7 cm³/mol. The number of hydrogen-bond donors (Lipinski definition) is 0. The Balaban J connectivity index is 2.22. The first-order valence-corrected chi connectivity index (χ1v) is 4.81. The van der Waals surface area contributed by atoms with Crippen molar-refractivity contribution in [2.75, 3.05) is 0 Å². The highest BCUT2D eigenvalue weighted by molar-refractivity contribution is 5.69. The lowest BCUT2D eigenvalue weighted by Gasteiger charge is -1.99. The van der Waals surface area contributed by atoms with E-state index in [0.29, 0.717) is 0 Å². The molecule has 0 saturated heterocycles. The molecule has 0 aliphatic carbocycles. The summed E-state index contributed by atoms with van der Waals surface area (Å²) in [5, 5.41) is 10.4. The number of carbonyl (C=O) groups excluding carboxylic acids is 1. The summed E-state index contributed by atoms with van der Waals surface area (Å²) < 4.78 is 9.67. The third kappa shape index (κ3) is 2.48. The van der Waals surface area contributed by atoms with Gasteiger partial charge in [-0.2, -0.15) is 0 Å². The minimum absolute atomic E-state index is 0.163. The molecule has 0 saturated carbocycles. The molecule has 0 aliphatic rings. The summed E-state index contributed by atoms with van der Waals surface area (Å²) in [5.74, 6) is -0.361. The van der Waals surface area contributed by atoms with Gasteiger partial charge in [-0.15, -0.1) is 0 Å². The van der Waals surface area contributed by atoms with E-state index in [4.69, 9.17) is 9.15 Å². The Hall–Kier alpha value is -2.77. The second kappa shape index (κ2) is 4.62. The molecule has 8 nitrogen and oxygen atoms in total. The molecule has 0 aliphatic heterocycles. The van der Waals surface area contributed by atoms with Gasteiger partial charge in [0.1, 0.15) is 4.92 Å². The number of carbonyl (C=O) groups is 1. The van der Waals surface area contributed by atoms with Gasteiger partial charge in [0.15, 0.2) is 17.3 Å². The zero-order valence-corrected chi connectivity index (χ0v) is 9.19. The lowest BCUT2D eigenvalue weighted by molar-refractivity contribution is -0.401. The summed E-state index contributed by atoms with van der Waals surface area (Å²) >= 11 is 0. The van der Waals surface area contributed by atoms with Crippen LogP contribution in [-0.2, 0) is 4.79 Å². The number of furan rings is 1. The number of nitrogens with zero attached hydrogens (tertiary/aromatic N) is 3. The van der Waals surface area contributed by atoms with Crippen LogP contribution in [0.2, 0.25) is 0 Å². The largest absolute Gasteiger partial charge is 0.433 e. The highest BCUT2D eigenvalue weighted by Crippen LogP contribution is 2.23. The van der Waals surface area contributed by atoms with E-state index < -0.39 is 16.8 Å². The topological polar surface area (TPSA) is 108 Å². The highest BCUT2D eigenvalue weighted by atomic mass is 16.6. The van der Waals surface area contributed by atoms with Crippen molar-refractivity contribution >= 4 is 11.9 Å². The molecule has 0 spiro atoms. The van der Waals surface area contributed by atoms with Crippen molar-refractivity contribution in [1.29, 1.82) is 0 Å². The molecule has 0 unspecified atom stereocenters. The first-order chi connectivity index (χ1) is 8.56. The molecule has 92 valence electrons. The van der Waals surface area contributed by atoms with Gasteiger partial charge in [0, 0.05) is 6.92 Å². The van der Waals surface area contributed by atoms with Gasteiger partial charge in [0.2, 0.25) is 0 Å². The maximum atomic E-state index is 10.7. The van der Waals surface area contributed by atoms with Crippen molar-refractivity contribution in [3.8, 4) is 17.3 Å². The molecule has 2 heterocycles. The highest BCUT2D eigenvalue weighted by Gasteiger charge is 2.14. The number of esters is 1. The predicted octanol–water partition coefficient (Wildman–Crippen LogP) is 1.57. The van der Waals surface area contributed by atoms with Gasteiger partial charge in [0.25, 0.3) is 0 Å². The minimum Gasteiger partial charge on any atom is -0.423 e. The van der Waals surface area contributed by atoms with E-state index in [0.717, 1.165) is 0 Å². The van der Waals surface area contributed by atoms with Gasteiger partial charge in [-0.05, 0) is 6.07 Å². The Kier molecular flexibility index (Phi) is 3.00. The zero-order valence-electron chi connectivity index (χ0n) is 9.19.